The van der Waals surface area contributed by atoms with Gasteiger partial charge < -0.3 is 9.80 Å². The number of aryl methyl sites for hydroxylation is 4. The minimum absolute atomic E-state index is 0.0569. The molecule has 2 nitrogen and oxygen atoms in total. The fourth-order valence-electron chi connectivity index (χ4n) is 12.0. The van der Waals surface area contributed by atoms with Gasteiger partial charge in [0, 0.05) is 50.4 Å². The molecule has 0 bridgehead atoms. The molecule has 2 heteroatoms. The van der Waals surface area contributed by atoms with E-state index in [1.54, 1.807) is 0 Å². The van der Waals surface area contributed by atoms with E-state index in [2.05, 4.69) is 235 Å². The lowest BCUT2D eigenvalue weighted by Gasteiger charge is -2.39. The van der Waals surface area contributed by atoms with Crippen LogP contribution in [0.2, 0.25) is 0 Å². The summed E-state index contributed by atoms with van der Waals surface area (Å²) >= 11 is 0. The molecule has 3 aliphatic rings. The predicted molar refractivity (Wildman–Crippen MR) is 280 cm³/mol. The van der Waals surface area contributed by atoms with Crippen LogP contribution in [0.1, 0.15) is 115 Å². The molecule has 1 fully saturated rings. The van der Waals surface area contributed by atoms with E-state index < -0.39 is 0 Å². The van der Waals surface area contributed by atoms with Gasteiger partial charge >= 0.3 is 0 Å². The molecule has 0 spiro atoms. The van der Waals surface area contributed by atoms with Crippen LogP contribution < -0.4 is 9.80 Å². The molecule has 0 heterocycles. The molecule has 0 atom stereocenters. The van der Waals surface area contributed by atoms with Crippen LogP contribution in [-0.2, 0) is 16.2 Å². The topological polar surface area (TPSA) is 6.48 Å². The fourth-order valence-corrected chi connectivity index (χ4v) is 12.0. The van der Waals surface area contributed by atoms with Gasteiger partial charge in [0.15, 0.2) is 0 Å². The van der Waals surface area contributed by atoms with E-state index in [9.17, 15) is 0 Å². The number of rotatable bonds is 8. The highest BCUT2D eigenvalue weighted by molar-refractivity contribution is 5.87. The third-order valence-electron chi connectivity index (χ3n) is 16.2. The predicted octanol–water partition coefficient (Wildman–Crippen LogP) is 17.7. The molecule has 11 rings (SSSR count). The standard InChI is InChI=1S/C64H62N2/c1-42-20-26-50(38-44(42)3)65(52-32-34-56-54-16-10-12-18-58(54)62(5,6)60(56)40-52)48-28-22-46(23-29-48)64(36-14-9-15-37-64)47-24-30-49(31-25-47)66(51-27-21-43(2)45(4)39-51)53-33-35-57-55-17-11-13-19-59(55)63(7,8)61(57)41-53/h10-13,16-35,38-41H,9,14-15,36-37H2,1-8H3. The van der Waals surface area contributed by atoms with E-state index in [-0.39, 0.29) is 16.2 Å². The van der Waals surface area contributed by atoms with Crippen LogP contribution in [-0.4, -0.2) is 0 Å². The Morgan fingerprint density at radius 1 is 0.318 bits per heavy atom. The fraction of sp³-hybridized carbons (Fsp3) is 0.250. The molecule has 0 N–H and O–H groups in total. The van der Waals surface area contributed by atoms with E-state index in [4.69, 9.17) is 0 Å². The number of hydrogen-bond donors (Lipinski definition) is 0. The zero-order valence-electron chi connectivity index (χ0n) is 40.1. The molecular weight excluding hydrogens is 797 g/mol. The van der Waals surface area contributed by atoms with Crippen LogP contribution in [0.25, 0.3) is 22.3 Å². The zero-order valence-corrected chi connectivity index (χ0v) is 40.1. The molecule has 328 valence electrons. The molecule has 0 aliphatic heterocycles. The van der Waals surface area contributed by atoms with Gasteiger partial charge in [-0.3, -0.25) is 0 Å². The molecule has 0 amide bonds. The lowest BCUT2D eigenvalue weighted by molar-refractivity contribution is 0.346. The second-order valence-corrected chi connectivity index (χ2v) is 20.7. The largest absolute Gasteiger partial charge is 0.310 e. The summed E-state index contributed by atoms with van der Waals surface area (Å²) in [6, 6.07) is 65.3. The van der Waals surface area contributed by atoms with E-state index in [1.165, 1.54) is 131 Å². The van der Waals surface area contributed by atoms with Crippen LogP contribution in [0.3, 0.4) is 0 Å². The van der Waals surface area contributed by atoms with Crippen molar-refractivity contribution >= 4 is 34.1 Å². The molecule has 3 aliphatic carbocycles. The zero-order chi connectivity index (χ0) is 45.5. The van der Waals surface area contributed by atoms with Crippen molar-refractivity contribution in [3.63, 3.8) is 0 Å². The Labute approximate surface area is 393 Å². The quantitative estimate of drug-likeness (QED) is 0.150. The molecule has 1 saturated carbocycles. The highest BCUT2D eigenvalue weighted by atomic mass is 15.1. The van der Waals surface area contributed by atoms with Crippen molar-refractivity contribution in [3.05, 3.63) is 225 Å². The van der Waals surface area contributed by atoms with Gasteiger partial charge in [-0.2, -0.15) is 0 Å². The monoisotopic (exact) mass is 858 g/mol. The average molecular weight is 859 g/mol. The van der Waals surface area contributed by atoms with Gasteiger partial charge in [0.2, 0.25) is 0 Å². The van der Waals surface area contributed by atoms with Crippen molar-refractivity contribution < 1.29 is 0 Å². The van der Waals surface area contributed by atoms with Gasteiger partial charge in [0.1, 0.15) is 0 Å². The first kappa shape index (κ1) is 42.0. The Morgan fingerprint density at radius 3 is 1.08 bits per heavy atom. The highest BCUT2D eigenvalue weighted by Gasteiger charge is 2.39. The minimum atomic E-state index is -0.0791. The van der Waals surface area contributed by atoms with Crippen LogP contribution in [0.4, 0.5) is 34.1 Å². The maximum absolute atomic E-state index is 2.47. The lowest BCUT2D eigenvalue weighted by Crippen LogP contribution is -2.30. The number of benzene rings is 8. The normalized spacial score (nSPS) is 15.9. The van der Waals surface area contributed by atoms with Crippen molar-refractivity contribution in [1.29, 1.82) is 0 Å². The summed E-state index contributed by atoms with van der Waals surface area (Å²) in [6.07, 6.45) is 6.04. The molecule has 8 aromatic carbocycles. The summed E-state index contributed by atoms with van der Waals surface area (Å²) in [7, 11) is 0. The Bertz CT molecular complexity index is 2950. The number of hydrogen-bond acceptors (Lipinski definition) is 2. The van der Waals surface area contributed by atoms with Gasteiger partial charge in [0.05, 0.1) is 0 Å². The van der Waals surface area contributed by atoms with Crippen molar-refractivity contribution in [2.75, 3.05) is 9.80 Å². The van der Waals surface area contributed by atoms with Crippen molar-refractivity contribution in [3.8, 4) is 22.3 Å². The van der Waals surface area contributed by atoms with Gasteiger partial charge in [0.25, 0.3) is 0 Å². The second kappa shape index (κ2) is 15.8. The average Bonchev–Trinajstić information content (AvgIpc) is 3.71. The second-order valence-electron chi connectivity index (χ2n) is 20.7. The Morgan fingerprint density at radius 2 is 0.667 bits per heavy atom. The SMILES string of the molecule is Cc1ccc(N(c2ccc(C3(c4ccc(N(c5ccc(C)c(C)c5)c5ccc6c(c5)C(C)(C)c5ccccc5-6)cc4)CCCCC3)cc2)c2ccc3c(c2)C(C)(C)c2ccccc2-3)cc1C. The first-order valence-electron chi connectivity index (χ1n) is 24.3. The minimum Gasteiger partial charge on any atom is -0.310 e. The first-order chi connectivity index (χ1) is 31.8. The maximum atomic E-state index is 2.47. The first-order valence-corrected chi connectivity index (χ1v) is 24.3. The van der Waals surface area contributed by atoms with Crippen LogP contribution in [0.15, 0.2) is 170 Å². The Balaban J connectivity index is 0.973. The number of nitrogens with zero attached hydrogens (tertiary/aromatic N) is 2. The van der Waals surface area contributed by atoms with Crippen molar-refractivity contribution in [2.45, 2.75) is 104 Å². The maximum Gasteiger partial charge on any atom is 0.0465 e. The molecule has 66 heavy (non-hydrogen) atoms. The molecule has 0 unspecified atom stereocenters. The van der Waals surface area contributed by atoms with Gasteiger partial charge in [-0.05, 0) is 191 Å². The molecule has 0 aromatic heterocycles. The van der Waals surface area contributed by atoms with Gasteiger partial charge in [-0.15, -0.1) is 0 Å². The molecule has 8 aromatic rings. The number of anilines is 6. The third-order valence-corrected chi connectivity index (χ3v) is 16.2. The van der Waals surface area contributed by atoms with E-state index in [1.807, 2.05) is 0 Å². The van der Waals surface area contributed by atoms with Crippen LogP contribution in [0, 0.1) is 27.7 Å². The molecular formula is C64H62N2. The third kappa shape index (κ3) is 6.66. The summed E-state index contributed by atoms with van der Waals surface area (Å²) in [5.41, 5.74) is 25.9. The summed E-state index contributed by atoms with van der Waals surface area (Å²) < 4.78 is 0. The van der Waals surface area contributed by atoms with E-state index >= 15 is 0 Å². The summed E-state index contributed by atoms with van der Waals surface area (Å²) in [6.45, 7) is 18.4. The number of fused-ring (bicyclic) bond motifs is 6. The van der Waals surface area contributed by atoms with Crippen molar-refractivity contribution in [2.24, 2.45) is 0 Å². The smallest absolute Gasteiger partial charge is 0.0465 e. The van der Waals surface area contributed by atoms with Crippen LogP contribution >= 0.6 is 0 Å². The summed E-state index contributed by atoms with van der Waals surface area (Å²) in [5, 5.41) is 0. The Kier molecular flexibility index (Phi) is 10.0. The lowest BCUT2D eigenvalue weighted by atomic mass is 9.65. The van der Waals surface area contributed by atoms with E-state index in [0.717, 1.165) is 12.8 Å². The molecule has 0 radical (unpaired) electrons. The van der Waals surface area contributed by atoms with Crippen molar-refractivity contribution in [1.82, 2.24) is 0 Å². The highest BCUT2D eigenvalue weighted by Crippen LogP contribution is 2.53. The van der Waals surface area contributed by atoms with E-state index in [0.29, 0.717) is 0 Å². The van der Waals surface area contributed by atoms with Gasteiger partial charge in [-0.25, -0.2) is 0 Å². The Hall–Kier alpha value is -6.64. The summed E-state index contributed by atoms with van der Waals surface area (Å²) in [4.78, 5) is 4.94. The summed E-state index contributed by atoms with van der Waals surface area (Å²) in [5.74, 6) is 0. The van der Waals surface area contributed by atoms with Gasteiger partial charge in [-0.1, -0.05) is 144 Å². The van der Waals surface area contributed by atoms with Crippen LogP contribution in [0.5, 0.6) is 0 Å². The molecule has 0 saturated heterocycles.